The first kappa shape index (κ1) is 16.7. The SMILES string of the molecule is CCNCc1cc(S(=O)(=O)NCCC2CC2)cc(F)c1Cl. The molecule has 0 atom stereocenters. The molecule has 0 radical (unpaired) electrons. The summed E-state index contributed by atoms with van der Waals surface area (Å²) in [7, 11) is -3.69. The quantitative estimate of drug-likeness (QED) is 0.768. The van der Waals surface area contributed by atoms with Gasteiger partial charge in [0, 0.05) is 13.1 Å². The Hall–Kier alpha value is -0.690. The summed E-state index contributed by atoms with van der Waals surface area (Å²) in [6.45, 7) is 3.32. The number of nitrogens with one attached hydrogen (secondary N) is 2. The van der Waals surface area contributed by atoms with Gasteiger partial charge in [-0.3, -0.25) is 0 Å². The second-order valence-corrected chi connectivity index (χ2v) is 7.43. The van der Waals surface area contributed by atoms with Gasteiger partial charge in [-0.05, 0) is 36.6 Å². The normalized spacial score (nSPS) is 15.4. The standard InChI is InChI=1S/C14H20ClFN2O2S/c1-2-17-9-11-7-12(8-13(16)14(11)15)21(19,20)18-6-5-10-3-4-10/h7-8,10,17-18H,2-6,9H2,1H3. The second kappa shape index (κ2) is 7.05. The van der Waals surface area contributed by atoms with Gasteiger partial charge >= 0.3 is 0 Å². The maximum absolute atomic E-state index is 13.8. The molecule has 1 aromatic carbocycles. The van der Waals surface area contributed by atoms with E-state index in [0.29, 0.717) is 31.1 Å². The molecule has 21 heavy (non-hydrogen) atoms. The molecule has 1 fully saturated rings. The zero-order chi connectivity index (χ0) is 15.5. The first-order valence-electron chi connectivity index (χ1n) is 7.12. The molecule has 0 bridgehead atoms. The Balaban J connectivity index is 2.14. The molecule has 118 valence electrons. The Morgan fingerprint density at radius 2 is 2.10 bits per heavy atom. The number of hydrogen-bond acceptors (Lipinski definition) is 3. The number of rotatable bonds is 8. The van der Waals surface area contributed by atoms with Crippen molar-refractivity contribution in [2.75, 3.05) is 13.1 Å². The van der Waals surface area contributed by atoms with Crippen molar-refractivity contribution in [3.63, 3.8) is 0 Å². The van der Waals surface area contributed by atoms with Gasteiger partial charge in [-0.1, -0.05) is 31.4 Å². The lowest BCUT2D eigenvalue weighted by atomic mass is 10.2. The summed E-state index contributed by atoms with van der Waals surface area (Å²) in [5, 5.41) is 2.98. The lowest BCUT2D eigenvalue weighted by Crippen LogP contribution is -2.25. The van der Waals surface area contributed by atoms with Crippen LogP contribution in [-0.2, 0) is 16.6 Å². The first-order chi connectivity index (χ1) is 9.94. The molecule has 1 aliphatic rings. The zero-order valence-electron chi connectivity index (χ0n) is 12.0. The Morgan fingerprint density at radius 1 is 1.38 bits per heavy atom. The summed E-state index contributed by atoms with van der Waals surface area (Å²) in [6, 6.07) is 2.39. The number of hydrogen-bond donors (Lipinski definition) is 2. The summed E-state index contributed by atoms with van der Waals surface area (Å²) in [4.78, 5) is -0.0758. The zero-order valence-corrected chi connectivity index (χ0v) is 13.5. The molecule has 0 heterocycles. The van der Waals surface area contributed by atoms with E-state index in [0.717, 1.165) is 12.5 Å². The maximum Gasteiger partial charge on any atom is 0.240 e. The molecule has 7 heteroatoms. The van der Waals surface area contributed by atoms with Crippen molar-refractivity contribution in [3.8, 4) is 0 Å². The minimum Gasteiger partial charge on any atom is -0.313 e. The van der Waals surface area contributed by atoms with E-state index in [1.807, 2.05) is 6.92 Å². The van der Waals surface area contributed by atoms with Crippen molar-refractivity contribution in [2.45, 2.75) is 37.6 Å². The van der Waals surface area contributed by atoms with Crippen LogP contribution in [0.1, 0.15) is 31.7 Å². The summed E-state index contributed by atoms with van der Waals surface area (Å²) in [5.74, 6) is -0.0754. The van der Waals surface area contributed by atoms with Crippen molar-refractivity contribution in [1.82, 2.24) is 10.0 Å². The summed E-state index contributed by atoms with van der Waals surface area (Å²) < 4.78 is 40.7. The smallest absolute Gasteiger partial charge is 0.240 e. The molecule has 0 spiro atoms. The fourth-order valence-electron chi connectivity index (χ4n) is 2.05. The lowest BCUT2D eigenvalue weighted by Gasteiger charge is -2.11. The van der Waals surface area contributed by atoms with E-state index in [-0.39, 0.29) is 9.92 Å². The van der Waals surface area contributed by atoms with Crippen LogP contribution in [0.2, 0.25) is 5.02 Å². The molecule has 0 amide bonds. The van der Waals surface area contributed by atoms with Gasteiger partial charge in [0.05, 0.1) is 9.92 Å². The largest absolute Gasteiger partial charge is 0.313 e. The van der Waals surface area contributed by atoms with Crippen molar-refractivity contribution in [2.24, 2.45) is 5.92 Å². The van der Waals surface area contributed by atoms with E-state index < -0.39 is 15.8 Å². The van der Waals surface area contributed by atoms with Crippen LogP contribution in [0.15, 0.2) is 17.0 Å². The van der Waals surface area contributed by atoms with E-state index >= 15 is 0 Å². The van der Waals surface area contributed by atoms with Crippen LogP contribution in [0.4, 0.5) is 4.39 Å². The number of halogens is 2. The van der Waals surface area contributed by atoms with E-state index in [4.69, 9.17) is 11.6 Å². The molecule has 0 unspecified atom stereocenters. The Labute approximate surface area is 130 Å². The van der Waals surface area contributed by atoms with Crippen LogP contribution >= 0.6 is 11.6 Å². The monoisotopic (exact) mass is 334 g/mol. The average Bonchev–Trinajstić information content (AvgIpc) is 3.24. The maximum atomic E-state index is 13.8. The van der Waals surface area contributed by atoms with E-state index in [1.54, 1.807) is 0 Å². The van der Waals surface area contributed by atoms with Crippen molar-refractivity contribution in [1.29, 1.82) is 0 Å². The number of sulfonamides is 1. The number of benzene rings is 1. The molecular weight excluding hydrogens is 315 g/mol. The highest BCUT2D eigenvalue weighted by molar-refractivity contribution is 7.89. The molecule has 0 aromatic heterocycles. The predicted molar refractivity (Wildman–Crippen MR) is 81.3 cm³/mol. The minimum atomic E-state index is -3.69. The summed E-state index contributed by atoms with van der Waals surface area (Å²) in [6.07, 6.45) is 3.17. The molecule has 4 nitrogen and oxygen atoms in total. The molecule has 1 saturated carbocycles. The summed E-state index contributed by atoms with van der Waals surface area (Å²) in [5.41, 5.74) is 0.445. The molecule has 2 N–H and O–H groups in total. The van der Waals surface area contributed by atoms with Crippen molar-refractivity contribution >= 4 is 21.6 Å². The molecule has 0 saturated heterocycles. The fourth-order valence-corrected chi connectivity index (χ4v) is 3.33. The van der Waals surface area contributed by atoms with Crippen LogP contribution in [0, 0.1) is 11.7 Å². The van der Waals surface area contributed by atoms with E-state index in [2.05, 4.69) is 10.0 Å². The third kappa shape index (κ3) is 4.64. The third-order valence-electron chi connectivity index (χ3n) is 3.49. The molecule has 0 aliphatic heterocycles. The van der Waals surface area contributed by atoms with Crippen LogP contribution in [0.25, 0.3) is 0 Å². The molecule has 2 rings (SSSR count). The van der Waals surface area contributed by atoms with E-state index in [9.17, 15) is 12.8 Å². The molecule has 1 aliphatic carbocycles. The Morgan fingerprint density at radius 3 is 2.71 bits per heavy atom. The second-order valence-electron chi connectivity index (χ2n) is 5.29. The Bertz CT molecular complexity index is 603. The van der Waals surface area contributed by atoms with Gasteiger partial charge in [-0.15, -0.1) is 0 Å². The van der Waals surface area contributed by atoms with Gasteiger partial charge in [-0.2, -0.15) is 0 Å². The predicted octanol–water partition coefficient (Wildman–Crippen LogP) is 2.67. The van der Waals surface area contributed by atoms with Gasteiger partial charge in [-0.25, -0.2) is 17.5 Å². The van der Waals surface area contributed by atoms with E-state index in [1.165, 1.54) is 18.9 Å². The van der Waals surface area contributed by atoms with Gasteiger partial charge < -0.3 is 5.32 Å². The first-order valence-corrected chi connectivity index (χ1v) is 8.98. The topological polar surface area (TPSA) is 58.2 Å². The minimum absolute atomic E-state index is 0.0344. The molecular formula is C14H20ClFN2O2S. The van der Waals surface area contributed by atoms with Crippen molar-refractivity contribution in [3.05, 3.63) is 28.5 Å². The highest BCUT2D eigenvalue weighted by atomic mass is 35.5. The fraction of sp³-hybridized carbons (Fsp3) is 0.571. The van der Waals surface area contributed by atoms with Crippen LogP contribution in [-0.4, -0.2) is 21.5 Å². The lowest BCUT2D eigenvalue weighted by molar-refractivity contribution is 0.571. The third-order valence-corrected chi connectivity index (χ3v) is 5.36. The van der Waals surface area contributed by atoms with Gasteiger partial charge in [0.25, 0.3) is 0 Å². The van der Waals surface area contributed by atoms with Crippen LogP contribution in [0.3, 0.4) is 0 Å². The van der Waals surface area contributed by atoms with Crippen LogP contribution in [0.5, 0.6) is 0 Å². The Kier molecular flexibility index (Phi) is 5.60. The van der Waals surface area contributed by atoms with Gasteiger partial charge in [0.2, 0.25) is 10.0 Å². The molecule has 1 aromatic rings. The van der Waals surface area contributed by atoms with Gasteiger partial charge in [0.1, 0.15) is 5.82 Å². The highest BCUT2D eigenvalue weighted by Crippen LogP contribution is 2.32. The average molecular weight is 335 g/mol. The van der Waals surface area contributed by atoms with Crippen molar-refractivity contribution < 1.29 is 12.8 Å². The van der Waals surface area contributed by atoms with Crippen LogP contribution < -0.4 is 10.0 Å². The highest BCUT2D eigenvalue weighted by Gasteiger charge is 2.23. The summed E-state index contributed by atoms with van der Waals surface area (Å²) >= 11 is 5.87. The van der Waals surface area contributed by atoms with Gasteiger partial charge in [0.15, 0.2) is 0 Å².